The van der Waals surface area contributed by atoms with Crippen LogP contribution in [0.25, 0.3) is 0 Å². The first-order chi connectivity index (χ1) is 7.54. The van der Waals surface area contributed by atoms with Gasteiger partial charge in [0.2, 0.25) is 5.91 Å². The summed E-state index contributed by atoms with van der Waals surface area (Å²) in [5, 5.41) is 2.62. The zero-order valence-corrected chi connectivity index (χ0v) is 9.90. The largest absolute Gasteiger partial charge is 0.384 e. The standard InChI is InChI=1S/C11H18N4O/c1-8(11(16)13-2)7-15(3)10-6-4-5-9(12)14-10/h4-6,8H,7H2,1-3H3,(H2,12,14)(H,13,16). The predicted octanol–water partition coefficient (Wildman–Crippen LogP) is 0.482. The highest BCUT2D eigenvalue weighted by Crippen LogP contribution is 2.12. The lowest BCUT2D eigenvalue weighted by molar-refractivity contribution is -0.123. The minimum atomic E-state index is -0.0850. The number of nitrogens with two attached hydrogens (primary N) is 1. The summed E-state index contributed by atoms with van der Waals surface area (Å²) in [6, 6.07) is 5.45. The summed E-state index contributed by atoms with van der Waals surface area (Å²) in [7, 11) is 3.53. The van der Waals surface area contributed by atoms with E-state index in [9.17, 15) is 4.79 Å². The lowest BCUT2D eigenvalue weighted by atomic mass is 10.1. The number of carbonyl (C=O) groups excluding carboxylic acids is 1. The second kappa shape index (κ2) is 5.34. The average molecular weight is 222 g/mol. The Labute approximate surface area is 95.7 Å². The number of nitrogens with one attached hydrogen (secondary N) is 1. The first-order valence-electron chi connectivity index (χ1n) is 5.20. The molecule has 88 valence electrons. The zero-order chi connectivity index (χ0) is 12.1. The van der Waals surface area contributed by atoms with Gasteiger partial charge in [-0.05, 0) is 12.1 Å². The van der Waals surface area contributed by atoms with Crippen LogP contribution in [-0.4, -0.2) is 31.5 Å². The molecule has 1 amide bonds. The Kier molecular flexibility index (Phi) is 4.10. The van der Waals surface area contributed by atoms with Gasteiger partial charge in [-0.1, -0.05) is 13.0 Å². The van der Waals surface area contributed by atoms with E-state index in [0.29, 0.717) is 12.4 Å². The molecular formula is C11H18N4O. The smallest absolute Gasteiger partial charge is 0.224 e. The summed E-state index contributed by atoms with van der Waals surface area (Å²) < 4.78 is 0. The van der Waals surface area contributed by atoms with Crippen LogP contribution < -0.4 is 16.0 Å². The van der Waals surface area contributed by atoms with E-state index in [4.69, 9.17) is 5.73 Å². The molecule has 5 nitrogen and oxygen atoms in total. The molecule has 0 aliphatic heterocycles. The molecule has 5 heteroatoms. The first kappa shape index (κ1) is 12.3. The maximum Gasteiger partial charge on any atom is 0.224 e. The third kappa shape index (κ3) is 3.12. The van der Waals surface area contributed by atoms with E-state index < -0.39 is 0 Å². The van der Waals surface area contributed by atoms with Gasteiger partial charge in [0, 0.05) is 20.6 Å². The van der Waals surface area contributed by atoms with Crippen molar-refractivity contribution >= 4 is 17.5 Å². The quantitative estimate of drug-likeness (QED) is 0.777. The van der Waals surface area contributed by atoms with E-state index in [0.717, 1.165) is 5.82 Å². The van der Waals surface area contributed by atoms with E-state index in [-0.39, 0.29) is 11.8 Å². The third-order valence-corrected chi connectivity index (χ3v) is 2.39. The molecule has 0 spiro atoms. The van der Waals surface area contributed by atoms with Gasteiger partial charge in [0.1, 0.15) is 11.6 Å². The maximum absolute atomic E-state index is 11.4. The van der Waals surface area contributed by atoms with Crippen LogP contribution in [-0.2, 0) is 4.79 Å². The predicted molar refractivity (Wildman–Crippen MR) is 65.2 cm³/mol. The maximum atomic E-state index is 11.4. The van der Waals surface area contributed by atoms with Gasteiger partial charge in [-0.25, -0.2) is 4.98 Å². The van der Waals surface area contributed by atoms with Crippen LogP contribution in [0.4, 0.5) is 11.6 Å². The van der Waals surface area contributed by atoms with Crippen molar-refractivity contribution < 1.29 is 4.79 Å². The second-order valence-electron chi connectivity index (χ2n) is 3.82. The Morgan fingerprint density at radius 2 is 2.31 bits per heavy atom. The highest BCUT2D eigenvalue weighted by molar-refractivity contribution is 5.78. The summed E-state index contributed by atoms with van der Waals surface area (Å²) in [5.41, 5.74) is 5.60. The molecule has 0 aliphatic carbocycles. The van der Waals surface area contributed by atoms with Crippen molar-refractivity contribution in [3.05, 3.63) is 18.2 Å². The van der Waals surface area contributed by atoms with Crippen LogP contribution >= 0.6 is 0 Å². The van der Waals surface area contributed by atoms with Crippen molar-refractivity contribution in [3.63, 3.8) is 0 Å². The fourth-order valence-electron chi connectivity index (χ4n) is 1.49. The molecule has 16 heavy (non-hydrogen) atoms. The fourth-order valence-corrected chi connectivity index (χ4v) is 1.49. The lowest BCUT2D eigenvalue weighted by Crippen LogP contribution is -2.34. The third-order valence-electron chi connectivity index (χ3n) is 2.39. The van der Waals surface area contributed by atoms with Crippen LogP contribution in [0.3, 0.4) is 0 Å². The zero-order valence-electron chi connectivity index (χ0n) is 9.90. The molecule has 0 radical (unpaired) electrons. The molecule has 0 aromatic carbocycles. The Balaban J connectivity index is 2.65. The number of anilines is 2. The molecule has 0 fully saturated rings. The Hall–Kier alpha value is -1.78. The molecule has 1 aromatic heterocycles. The highest BCUT2D eigenvalue weighted by Gasteiger charge is 2.14. The van der Waals surface area contributed by atoms with Crippen LogP contribution in [0.2, 0.25) is 0 Å². The van der Waals surface area contributed by atoms with Gasteiger partial charge in [-0.15, -0.1) is 0 Å². The van der Waals surface area contributed by atoms with E-state index in [1.54, 1.807) is 13.1 Å². The molecule has 0 aliphatic rings. The molecule has 1 atom stereocenters. The Morgan fingerprint density at radius 3 is 2.88 bits per heavy atom. The van der Waals surface area contributed by atoms with Gasteiger partial charge in [0.25, 0.3) is 0 Å². The minimum absolute atomic E-state index is 0.0238. The van der Waals surface area contributed by atoms with Crippen molar-refractivity contribution in [2.45, 2.75) is 6.92 Å². The van der Waals surface area contributed by atoms with Gasteiger partial charge < -0.3 is 16.0 Å². The average Bonchev–Trinajstić information content (AvgIpc) is 2.27. The molecule has 1 unspecified atom stereocenters. The lowest BCUT2D eigenvalue weighted by Gasteiger charge is -2.21. The molecule has 3 N–H and O–H groups in total. The van der Waals surface area contributed by atoms with Crippen LogP contribution in [0.15, 0.2) is 18.2 Å². The van der Waals surface area contributed by atoms with E-state index in [2.05, 4.69) is 10.3 Å². The normalized spacial score (nSPS) is 11.9. The number of hydrogen-bond donors (Lipinski definition) is 2. The van der Waals surface area contributed by atoms with Crippen molar-refractivity contribution in [3.8, 4) is 0 Å². The summed E-state index contributed by atoms with van der Waals surface area (Å²) >= 11 is 0. The van der Waals surface area contributed by atoms with E-state index >= 15 is 0 Å². The molecule has 1 heterocycles. The van der Waals surface area contributed by atoms with Crippen molar-refractivity contribution in [1.29, 1.82) is 0 Å². The Morgan fingerprint density at radius 1 is 1.62 bits per heavy atom. The van der Waals surface area contributed by atoms with E-state index in [1.165, 1.54) is 0 Å². The summed E-state index contributed by atoms with van der Waals surface area (Å²) in [6.07, 6.45) is 0. The number of carbonyl (C=O) groups is 1. The monoisotopic (exact) mass is 222 g/mol. The molecule has 1 aromatic rings. The second-order valence-corrected chi connectivity index (χ2v) is 3.82. The number of aromatic nitrogens is 1. The molecule has 0 saturated heterocycles. The molecule has 1 rings (SSSR count). The van der Waals surface area contributed by atoms with Gasteiger partial charge in [-0.2, -0.15) is 0 Å². The summed E-state index contributed by atoms with van der Waals surface area (Å²) in [6.45, 7) is 2.48. The number of nitrogen functional groups attached to an aromatic ring is 1. The van der Waals surface area contributed by atoms with Gasteiger partial charge in [0.05, 0.1) is 5.92 Å². The highest BCUT2D eigenvalue weighted by atomic mass is 16.1. The molecule has 0 bridgehead atoms. The topological polar surface area (TPSA) is 71.2 Å². The SMILES string of the molecule is CNC(=O)C(C)CN(C)c1cccc(N)n1. The van der Waals surface area contributed by atoms with Gasteiger partial charge in [0.15, 0.2) is 0 Å². The van der Waals surface area contributed by atoms with Gasteiger partial charge >= 0.3 is 0 Å². The molecular weight excluding hydrogens is 204 g/mol. The number of nitrogens with zero attached hydrogens (tertiary/aromatic N) is 2. The van der Waals surface area contributed by atoms with Crippen LogP contribution in [0.5, 0.6) is 0 Å². The summed E-state index contributed by atoms with van der Waals surface area (Å²) in [5.74, 6) is 1.20. The summed E-state index contributed by atoms with van der Waals surface area (Å²) in [4.78, 5) is 17.5. The van der Waals surface area contributed by atoms with Crippen molar-refractivity contribution in [2.75, 3.05) is 31.3 Å². The van der Waals surface area contributed by atoms with Crippen molar-refractivity contribution in [2.24, 2.45) is 5.92 Å². The number of rotatable bonds is 4. The van der Waals surface area contributed by atoms with Crippen molar-refractivity contribution in [1.82, 2.24) is 10.3 Å². The van der Waals surface area contributed by atoms with Crippen LogP contribution in [0.1, 0.15) is 6.92 Å². The fraction of sp³-hybridized carbons (Fsp3) is 0.455. The van der Waals surface area contributed by atoms with Gasteiger partial charge in [-0.3, -0.25) is 4.79 Å². The van der Waals surface area contributed by atoms with Crippen LogP contribution in [0, 0.1) is 5.92 Å². The number of amides is 1. The number of hydrogen-bond acceptors (Lipinski definition) is 4. The minimum Gasteiger partial charge on any atom is -0.384 e. The molecule has 0 saturated carbocycles. The Bertz CT molecular complexity index is 367. The number of pyridine rings is 1. The van der Waals surface area contributed by atoms with E-state index in [1.807, 2.05) is 31.0 Å². The first-order valence-corrected chi connectivity index (χ1v) is 5.20.